The SMILES string of the molecule is COc1cc(F)c(-c2cc(Cn3cnc4c(N)ncnc43)c(N3CCC[C@](N)(C(O)C(F)F)C3)cn2)cc1F.O=C(O)CCC(=O)O. The molecule has 18 heteroatoms. The van der Waals surface area contributed by atoms with Crippen molar-refractivity contribution in [3.05, 3.63) is 54.2 Å². The molecule has 0 bridgehead atoms. The highest BCUT2D eigenvalue weighted by atomic mass is 19.3. The molecule has 0 spiro atoms. The maximum atomic E-state index is 14.9. The molecule has 252 valence electrons. The van der Waals surface area contributed by atoms with Gasteiger partial charge in [-0.1, -0.05) is 0 Å². The van der Waals surface area contributed by atoms with Crippen LogP contribution in [0.4, 0.5) is 29.1 Å². The number of methoxy groups -OCH3 is 1. The van der Waals surface area contributed by atoms with Gasteiger partial charge in [0.2, 0.25) is 0 Å². The second-order valence-corrected chi connectivity index (χ2v) is 10.8. The second-order valence-electron chi connectivity index (χ2n) is 10.8. The number of piperidine rings is 1. The lowest BCUT2D eigenvalue weighted by Crippen LogP contribution is -2.63. The van der Waals surface area contributed by atoms with E-state index < -0.39 is 41.6 Å². The number of hydrogen-bond donors (Lipinski definition) is 5. The molecule has 1 unspecified atom stereocenters. The number of imidazole rings is 1. The van der Waals surface area contributed by atoms with Crippen molar-refractivity contribution in [2.45, 2.75) is 50.3 Å². The number of carboxylic acid groups (broad SMARTS) is 2. The van der Waals surface area contributed by atoms with Gasteiger partial charge >= 0.3 is 11.9 Å². The fourth-order valence-corrected chi connectivity index (χ4v) is 5.15. The van der Waals surface area contributed by atoms with Crippen LogP contribution < -0.4 is 21.1 Å². The fraction of sp³-hybridized carbons (Fsp3) is 0.379. The van der Waals surface area contributed by atoms with E-state index in [1.165, 1.54) is 26.0 Å². The van der Waals surface area contributed by atoms with Crippen LogP contribution in [0, 0.1) is 11.6 Å². The van der Waals surface area contributed by atoms with Gasteiger partial charge in [-0.05, 0) is 30.5 Å². The van der Waals surface area contributed by atoms with Crippen LogP contribution in [0.5, 0.6) is 5.75 Å². The van der Waals surface area contributed by atoms with Crippen LogP contribution in [0.3, 0.4) is 0 Å². The zero-order valence-corrected chi connectivity index (χ0v) is 25.0. The van der Waals surface area contributed by atoms with Crippen LogP contribution in [-0.2, 0) is 16.1 Å². The number of rotatable bonds is 10. The molecule has 1 aliphatic rings. The Morgan fingerprint density at radius 1 is 1.06 bits per heavy atom. The van der Waals surface area contributed by atoms with Gasteiger partial charge in [-0.15, -0.1) is 0 Å². The highest BCUT2D eigenvalue weighted by molar-refractivity contribution is 5.81. The van der Waals surface area contributed by atoms with Crippen molar-refractivity contribution in [1.29, 1.82) is 0 Å². The zero-order chi connectivity index (χ0) is 34.5. The van der Waals surface area contributed by atoms with Crippen LogP contribution in [0.2, 0.25) is 0 Å². The topological polar surface area (TPSA) is 216 Å². The summed E-state index contributed by atoms with van der Waals surface area (Å²) in [6, 6.07) is 3.50. The summed E-state index contributed by atoms with van der Waals surface area (Å²) >= 11 is 0. The molecule has 7 N–H and O–H groups in total. The predicted molar refractivity (Wildman–Crippen MR) is 160 cm³/mol. The normalized spacial score (nSPS) is 16.9. The van der Waals surface area contributed by atoms with Crippen molar-refractivity contribution < 1.29 is 47.2 Å². The molecule has 1 aliphatic heterocycles. The number of aliphatic hydroxyl groups excluding tert-OH is 1. The lowest BCUT2D eigenvalue weighted by atomic mass is 9.84. The number of nitrogens with zero attached hydrogens (tertiary/aromatic N) is 6. The van der Waals surface area contributed by atoms with E-state index >= 15 is 0 Å². The van der Waals surface area contributed by atoms with E-state index in [1.807, 2.05) is 0 Å². The number of aliphatic hydroxyl groups is 1. The third kappa shape index (κ3) is 8.01. The summed E-state index contributed by atoms with van der Waals surface area (Å²) in [5.41, 5.74) is 12.6. The Morgan fingerprint density at radius 2 is 1.77 bits per heavy atom. The summed E-state index contributed by atoms with van der Waals surface area (Å²) < 4.78 is 62.7. The van der Waals surface area contributed by atoms with E-state index in [1.54, 1.807) is 15.5 Å². The molecule has 0 radical (unpaired) electrons. The number of alkyl halides is 2. The van der Waals surface area contributed by atoms with Gasteiger partial charge in [0, 0.05) is 24.7 Å². The maximum Gasteiger partial charge on any atom is 0.303 e. The Balaban J connectivity index is 0.000000555. The van der Waals surface area contributed by atoms with Gasteiger partial charge in [0.1, 0.15) is 23.8 Å². The molecule has 14 nitrogen and oxygen atoms in total. The quantitative estimate of drug-likeness (QED) is 0.154. The first-order valence-corrected chi connectivity index (χ1v) is 14.1. The molecule has 5 rings (SSSR count). The first-order chi connectivity index (χ1) is 22.2. The summed E-state index contributed by atoms with van der Waals surface area (Å²) in [5, 5.41) is 25.9. The Hall–Kier alpha value is -5.10. The number of ether oxygens (including phenoxy) is 1. The van der Waals surface area contributed by atoms with Crippen molar-refractivity contribution >= 4 is 34.6 Å². The number of pyridine rings is 1. The van der Waals surface area contributed by atoms with Crippen molar-refractivity contribution in [3.8, 4) is 17.0 Å². The molecule has 0 aliphatic carbocycles. The van der Waals surface area contributed by atoms with Crippen molar-refractivity contribution in [2.75, 3.05) is 30.8 Å². The van der Waals surface area contributed by atoms with E-state index in [0.29, 0.717) is 35.4 Å². The van der Waals surface area contributed by atoms with E-state index in [4.69, 9.17) is 26.4 Å². The van der Waals surface area contributed by atoms with Crippen molar-refractivity contribution in [1.82, 2.24) is 24.5 Å². The Labute approximate surface area is 264 Å². The first kappa shape index (κ1) is 34.8. The maximum absolute atomic E-state index is 14.9. The van der Waals surface area contributed by atoms with Gasteiger partial charge in [-0.3, -0.25) is 14.6 Å². The minimum atomic E-state index is -3.01. The molecule has 4 heterocycles. The molecule has 0 amide bonds. The molecule has 47 heavy (non-hydrogen) atoms. The highest BCUT2D eigenvalue weighted by Crippen LogP contribution is 2.35. The molecule has 4 aromatic rings. The monoisotopic (exact) mass is 664 g/mol. The fourth-order valence-electron chi connectivity index (χ4n) is 5.15. The lowest BCUT2D eigenvalue weighted by molar-refractivity contribution is -0.143. The average molecular weight is 665 g/mol. The molecule has 0 saturated carbocycles. The van der Waals surface area contributed by atoms with Gasteiger partial charge in [-0.25, -0.2) is 32.5 Å². The second kappa shape index (κ2) is 14.5. The number of carboxylic acids is 2. The standard InChI is InChI=1S/C25H26F4N8O2.C4H6O4/c1-39-19-7-15(26)14(6-16(19)27)17-5-13(9-37-12-35-20-23(30)33-11-34-24(20)37)18(8-32-17)36-4-2-3-25(31,10-36)21(38)22(28)29;5-3(6)1-2-4(7)8/h5-8,11-12,21-22,38H,2-4,9-10,31H2,1H3,(H2,30,33,34);1-2H2,(H,5,6)(H,7,8)/t21?,25-;/m1./s1. The van der Waals surface area contributed by atoms with Crippen LogP contribution in [-0.4, -0.2) is 90.0 Å². The number of aromatic nitrogens is 5. The van der Waals surface area contributed by atoms with Gasteiger partial charge in [0.05, 0.1) is 55.9 Å². The van der Waals surface area contributed by atoms with Gasteiger partial charge in [0.25, 0.3) is 6.43 Å². The van der Waals surface area contributed by atoms with E-state index in [-0.39, 0.29) is 55.2 Å². The number of fused-ring (bicyclic) bond motifs is 1. The molecule has 3 aromatic heterocycles. The smallest absolute Gasteiger partial charge is 0.303 e. The summed E-state index contributed by atoms with van der Waals surface area (Å²) in [5.74, 6) is -3.72. The number of aliphatic carboxylic acids is 2. The van der Waals surface area contributed by atoms with Gasteiger partial charge < -0.3 is 41.0 Å². The minimum Gasteiger partial charge on any atom is -0.494 e. The summed E-state index contributed by atoms with van der Waals surface area (Å²) in [6.07, 6.45) is -0.720. The molecule has 1 fully saturated rings. The largest absolute Gasteiger partial charge is 0.494 e. The number of nitrogen functional groups attached to an aromatic ring is 1. The Bertz CT molecular complexity index is 1750. The van der Waals surface area contributed by atoms with Crippen LogP contribution in [0.25, 0.3) is 22.4 Å². The predicted octanol–water partition coefficient (Wildman–Crippen LogP) is 2.67. The van der Waals surface area contributed by atoms with E-state index in [9.17, 15) is 32.3 Å². The summed E-state index contributed by atoms with van der Waals surface area (Å²) in [4.78, 5) is 37.9. The van der Waals surface area contributed by atoms with Crippen LogP contribution >= 0.6 is 0 Å². The average Bonchev–Trinajstić information content (AvgIpc) is 3.44. The van der Waals surface area contributed by atoms with Crippen LogP contribution in [0.15, 0.2) is 37.1 Å². The number of anilines is 2. The van der Waals surface area contributed by atoms with Crippen molar-refractivity contribution in [3.63, 3.8) is 0 Å². The van der Waals surface area contributed by atoms with E-state index in [0.717, 1.165) is 12.1 Å². The van der Waals surface area contributed by atoms with Crippen molar-refractivity contribution in [2.24, 2.45) is 5.73 Å². The lowest BCUT2D eigenvalue weighted by Gasteiger charge is -2.44. The molecule has 1 saturated heterocycles. The number of carbonyl (C=O) groups is 2. The minimum absolute atomic E-state index is 0.0716. The Kier molecular flexibility index (Phi) is 10.8. The molecular formula is C29H32F4N8O6. The third-order valence-corrected chi connectivity index (χ3v) is 7.53. The summed E-state index contributed by atoms with van der Waals surface area (Å²) in [7, 11) is 1.23. The highest BCUT2D eigenvalue weighted by Gasteiger charge is 2.43. The number of hydrogen-bond acceptors (Lipinski definition) is 11. The number of halogens is 4. The number of benzene rings is 1. The van der Waals surface area contributed by atoms with Crippen LogP contribution in [0.1, 0.15) is 31.2 Å². The van der Waals surface area contributed by atoms with Gasteiger partial charge in [0.15, 0.2) is 23.0 Å². The zero-order valence-electron chi connectivity index (χ0n) is 25.0. The molecule has 2 atom stereocenters. The number of nitrogens with two attached hydrogens (primary N) is 2. The Morgan fingerprint density at radius 3 is 2.40 bits per heavy atom. The third-order valence-electron chi connectivity index (χ3n) is 7.53. The first-order valence-electron chi connectivity index (χ1n) is 14.1. The summed E-state index contributed by atoms with van der Waals surface area (Å²) in [6.45, 7) is 0.523. The molecule has 1 aromatic carbocycles. The molecular weight excluding hydrogens is 632 g/mol. The van der Waals surface area contributed by atoms with E-state index in [2.05, 4.69) is 19.9 Å². The van der Waals surface area contributed by atoms with Gasteiger partial charge in [-0.2, -0.15) is 0 Å².